The van der Waals surface area contributed by atoms with Crippen LogP contribution in [0.4, 0.5) is 0 Å². The van der Waals surface area contributed by atoms with Gasteiger partial charge in [-0.2, -0.15) is 11.3 Å². The second-order valence-electron chi connectivity index (χ2n) is 2.99. The molecule has 1 nitrogen and oxygen atoms in total. The molecule has 0 aliphatic carbocycles. The normalized spacial score (nSPS) is 10.4. The van der Waals surface area contributed by atoms with E-state index in [4.69, 9.17) is 0 Å². The third kappa shape index (κ3) is 3.88. The van der Waals surface area contributed by atoms with Crippen LogP contribution >= 0.6 is 11.3 Å². The monoisotopic (exact) mass is 183 g/mol. The minimum atomic E-state index is 1.16. The molecule has 0 aromatic carbocycles. The number of nitrogens with one attached hydrogen (secondary N) is 1. The fourth-order valence-electron chi connectivity index (χ4n) is 1.15. The second-order valence-corrected chi connectivity index (χ2v) is 3.77. The number of hydrogen-bond acceptors (Lipinski definition) is 2. The van der Waals surface area contributed by atoms with Crippen molar-refractivity contribution < 1.29 is 0 Å². The number of aryl methyl sites for hydroxylation is 1. The molecular formula is C10H17NS. The van der Waals surface area contributed by atoms with E-state index in [-0.39, 0.29) is 0 Å². The Morgan fingerprint density at radius 1 is 1.42 bits per heavy atom. The third-order valence-corrected chi connectivity index (χ3v) is 2.56. The van der Waals surface area contributed by atoms with Crippen molar-refractivity contribution in [2.75, 3.05) is 13.1 Å². The zero-order valence-electron chi connectivity index (χ0n) is 7.68. The fraction of sp³-hybridized carbons (Fsp3) is 0.600. The quantitative estimate of drug-likeness (QED) is 0.669. The van der Waals surface area contributed by atoms with E-state index >= 15 is 0 Å². The molecule has 1 aromatic heterocycles. The molecule has 0 fully saturated rings. The van der Waals surface area contributed by atoms with Gasteiger partial charge in [0.15, 0.2) is 0 Å². The standard InChI is InChI=1S/C10H17NS/c1-2-6-11-7-3-4-10-5-8-12-9-10/h5,8-9,11H,2-4,6-7H2,1H3. The topological polar surface area (TPSA) is 12.0 Å². The van der Waals surface area contributed by atoms with Crippen LogP contribution in [0.25, 0.3) is 0 Å². The van der Waals surface area contributed by atoms with Crippen molar-refractivity contribution in [3.05, 3.63) is 22.4 Å². The maximum absolute atomic E-state index is 3.40. The van der Waals surface area contributed by atoms with Gasteiger partial charge in [-0.1, -0.05) is 6.92 Å². The van der Waals surface area contributed by atoms with Crippen LogP contribution in [0.1, 0.15) is 25.3 Å². The summed E-state index contributed by atoms with van der Waals surface area (Å²) in [5.41, 5.74) is 1.48. The van der Waals surface area contributed by atoms with Crippen LogP contribution in [0, 0.1) is 0 Å². The first-order chi connectivity index (χ1) is 5.93. The fourth-order valence-corrected chi connectivity index (χ4v) is 1.86. The van der Waals surface area contributed by atoms with Crippen LogP contribution in [0.3, 0.4) is 0 Å². The zero-order valence-corrected chi connectivity index (χ0v) is 8.49. The van der Waals surface area contributed by atoms with Crippen molar-refractivity contribution in [2.24, 2.45) is 0 Å². The van der Waals surface area contributed by atoms with E-state index in [1.165, 1.54) is 24.8 Å². The van der Waals surface area contributed by atoms with Gasteiger partial charge in [-0.25, -0.2) is 0 Å². The van der Waals surface area contributed by atoms with E-state index in [1.807, 2.05) is 0 Å². The van der Waals surface area contributed by atoms with Gasteiger partial charge in [-0.15, -0.1) is 0 Å². The first-order valence-corrected chi connectivity index (χ1v) is 5.59. The Morgan fingerprint density at radius 3 is 3.00 bits per heavy atom. The van der Waals surface area contributed by atoms with E-state index in [1.54, 1.807) is 11.3 Å². The molecule has 0 saturated carbocycles. The molecule has 0 aliphatic rings. The van der Waals surface area contributed by atoms with Gasteiger partial charge in [0.05, 0.1) is 0 Å². The Labute approximate surface area is 78.8 Å². The van der Waals surface area contributed by atoms with Gasteiger partial charge < -0.3 is 5.32 Å². The lowest BCUT2D eigenvalue weighted by atomic mass is 10.2. The highest BCUT2D eigenvalue weighted by Crippen LogP contribution is 2.07. The molecule has 1 heterocycles. The van der Waals surface area contributed by atoms with Crippen LogP contribution in [-0.4, -0.2) is 13.1 Å². The predicted molar refractivity (Wildman–Crippen MR) is 55.8 cm³/mol. The molecule has 1 rings (SSSR count). The summed E-state index contributed by atoms with van der Waals surface area (Å²) in [5.74, 6) is 0. The molecule has 0 saturated heterocycles. The number of hydrogen-bond donors (Lipinski definition) is 1. The number of thiophene rings is 1. The summed E-state index contributed by atoms with van der Waals surface area (Å²) in [7, 11) is 0. The molecule has 2 heteroatoms. The Hall–Kier alpha value is -0.340. The minimum absolute atomic E-state index is 1.16. The summed E-state index contributed by atoms with van der Waals surface area (Å²) in [5, 5.41) is 7.78. The highest BCUT2D eigenvalue weighted by atomic mass is 32.1. The van der Waals surface area contributed by atoms with Gasteiger partial charge in [-0.3, -0.25) is 0 Å². The third-order valence-electron chi connectivity index (χ3n) is 1.83. The van der Waals surface area contributed by atoms with Crippen molar-refractivity contribution >= 4 is 11.3 Å². The van der Waals surface area contributed by atoms with Gasteiger partial charge in [0.25, 0.3) is 0 Å². The van der Waals surface area contributed by atoms with E-state index in [0.29, 0.717) is 0 Å². The lowest BCUT2D eigenvalue weighted by Crippen LogP contribution is -2.16. The smallest absolute Gasteiger partial charge is 0.00457 e. The SMILES string of the molecule is CCCNCCCc1ccsc1. The summed E-state index contributed by atoms with van der Waals surface area (Å²) < 4.78 is 0. The molecule has 0 amide bonds. The summed E-state index contributed by atoms with van der Waals surface area (Å²) in [6.07, 6.45) is 3.72. The van der Waals surface area contributed by atoms with Crippen LogP contribution in [-0.2, 0) is 6.42 Å². The highest BCUT2D eigenvalue weighted by molar-refractivity contribution is 7.07. The molecule has 0 radical (unpaired) electrons. The van der Waals surface area contributed by atoms with E-state index in [9.17, 15) is 0 Å². The minimum Gasteiger partial charge on any atom is -0.317 e. The molecule has 68 valence electrons. The maximum atomic E-state index is 3.40. The van der Waals surface area contributed by atoms with Gasteiger partial charge in [0.2, 0.25) is 0 Å². The van der Waals surface area contributed by atoms with Crippen molar-refractivity contribution in [3.63, 3.8) is 0 Å². The molecule has 1 N–H and O–H groups in total. The van der Waals surface area contributed by atoms with Crippen LogP contribution < -0.4 is 5.32 Å². The van der Waals surface area contributed by atoms with Crippen LogP contribution in [0.2, 0.25) is 0 Å². The predicted octanol–water partition coefficient (Wildman–Crippen LogP) is 2.68. The first-order valence-electron chi connectivity index (χ1n) is 4.65. The average molecular weight is 183 g/mol. The molecule has 0 bridgehead atoms. The lowest BCUT2D eigenvalue weighted by molar-refractivity contribution is 0.640. The summed E-state index contributed by atoms with van der Waals surface area (Å²) in [6.45, 7) is 4.51. The number of rotatable bonds is 6. The van der Waals surface area contributed by atoms with Crippen LogP contribution in [0.15, 0.2) is 16.8 Å². The molecule has 0 aliphatic heterocycles. The maximum Gasteiger partial charge on any atom is -0.00457 e. The summed E-state index contributed by atoms with van der Waals surface area (Å²) in [4.78, 5) is 0. The van der Waals surface area contributed by atoms with Gasteiger partial charge >= 0.3 is 0 Å². The van der Waals surface area contributed by atoms with Crippen molar-refractivity contribution in [2.45, 2.75) is 26.2 Å². The second kappa shape index (κ2) is 6.21. The Morgan fingerprint density at radius 2 is 2.33 bits per heavy atom. The molecule has 12 heavy (non-hydrogen) atoms. The van der Waals surface area contributed by atoms with Gasteiger partial charge in [0, 0.05) is 0 Å². The first kappa shape index (κ1) is 9.75. The summed E-state index contributed by atoms with van der Waals surface area (Å²) in [6, 6.07) is 2.21. The van der Waals surface area contributed by atoms with E-state index < -0.39 is 0 Å². The molecule has 0 unspecified atom stereocenters. The molecular weight excluding hydrogens is 166 g/mol. The van der Waals surface area contributed by atoms with Crippen molar-refractivity contribution in [1.29, 1.82) is 0 Å². The Kier molecular flexibility index (Phi) is 5.04. The molecule has 0 spiro atoms. The molecule has 0 atom stereocenters. The zero-order chi connectivity index (χ0) is 8.65. The molecule has 1 aromatic rings. The highest BCUT2D eigenvalue weighted by Gasteiger charge is 1.91. The summed E-state index contributed by atoms with van der Waals surface area (Å²) >= 11 is 1.79. The van der Waals surface area contributed by atoms with Gasteiger partial charge in [-0.05, 0) is 54.7 Å². The Balaban J connectivity index is 1.96. The van der Waals surface area contributed by atoms with E-state index in [0.717, 1.165) is 13.1 Å². The van der Waals surface area contributed by atoms with Crippen molar-refractivity contribution in [3.8, 4) is 0 Å². The van der Waals surface area contributed by atoms with E-state index in [2.05, 4.69) is 29.1 Å². The van der Waals surface area contributed by atoms with Crippen molar-refractivity contribution in [1.82, 2.24) is 5.32 Å². The van der Waals surface area contributed by atoms with Gasteiger partial charge in [0.1, 0.15) is 0 Å². The Bertz CT molecular complexity index is 182. The average Bonchev–Trinajstić information content (AvgIpc) is 2.57. The largest absolute Gasteiger partial charge is 0.317 e. The lowest BCUT2D eigenvalue weighted by Gasteiger charge is -2.00. The van der Waals surface area contributed by atoms with Crippen LogP contribution in [0.5, 0.6) is 0 Å².